The van der Waals surface area contributed by atoms with Gasteiger partial charge < -0.3 is 9.15 Å². The SMILES string of the molecule is COC(=O)c1c(C)oc(NC(=O)c2cccc(F)c2)c1-c1nc2ccccc2s1. The van der Waals surface area contributed by atoms with Crippen molar-refractivity contribution in [3.05, 3.63) is 71.2 Å². The van der Waals surface area contributed by atoms with Gasteiger partial charge in [-0.1, -0.05) is 18.2 Å². The molecule has 0 saturated heterocycles. The normalized spacial score (nSPS) is 10.9. The fraction of sp³-hybridized carbons (Fsp3) is 0.0952. The molecular weight excluding hydrogens is 395 g/mol. The van der Waals surface area contributed by atoms with E-state index in [0.717, 1.165) is 16.3 Å². The van der Waals surface area contributed by atoms with Gasteiger partial charge in [0.1, 0.15) is 22.1 Å². The zero-order valence-electron chi connectivity index (χ0n) is 15.5. The van der Waals surface area contributed by atoms with Crippen molar-refractivity contribution in [3.63, 3.8) is 0 Å². The van der Waals surface area contributed by atoms with Crippen molar-refractivity contribution in [3.8, 4) is 10.6 Å². The van der Waals surface area contributed by atoms with Crippen LogP contribution in [0, 0.1) is 12.7 Å². The van der Waals surface area contributed by atoms with Crippen molar-refractivity contribution >= 4 is 39.3 Å². The molecule has 0 aliphatic rings. The van der Waals surface area contributed by atoms with Crippen molar-refractivity contribution in [1.82, 2.24) is 4.98 Å². The number of aromatic nitrogens is 1. The Morgan fingerprint density at radius 1 is 1.17 bits per heavy atom. The number of nitrogens with zero attached hydrogens (tertiary/aromatic N) is 1. The third-order valence-electron chi connectivity index (χ3n) is 4.30. The number of carbonyl (C=O) groups excluding carboxylic acids is 2. The molecule has 0 bridgehead atoms. The molecule has 0 aliphatic heterocycles. The van der Waals surface area contributed by atoms with Gasteiger partial charge in [-0.25, -0.2) is 14.2 Å². The van der Waals surface area contributed by atoms with Crippen molar-refractivity contribution in [2.45, 2.75) is 6.92 Å². The highest BCUT2D eigenvalue weighted by Gasteiger charge is 2.29. The molecule has 4 rings (SSSR count). The third-order valence-corrected chi connectivity index (χ3v) is 5.35. The Kier molecular flexibility index (Phi) is 4.85. The lowest BCUT2D eigenvalue weighted by atomic mass is 10.1. The van der Waals surface area contributed by atoms with E-state index in [4.69, 9.17) is 9.15 Å². The summed E-state index contributed by atoms with van der Waals surface area (Å²) in [6.45, 7) is 1.60. The minimum atomic E-state index is -0.605. The first-order valence-electron chi connectivity index (χ1n) is 8.62. The quantitative estimate of drug-likeness (QED) is 0.477. The Morgan fingerprint density at radius 2 is 1.97 bits per heavy atom. The van der Waals surface area contributed by atoms with Crippen LogP contribution in [0.25, 0.3) is 20.8 Å². The minimum Gasteiger partial charge on any atom is -0.465 e. The van der Waals surface area contributed by atoms with Crippen LogP contribution in [-0.2, 0) is 4.74 Å². The van der Waals surface area contributed by atoms with Crippen LogP contribution in [0.5, 0.6) is 0 Å². The Labute approximate surface area is 168 Å². The third kappa shape index (κ3) is 3.50. The molecular formula is C21H15FN2O4S. The van der Waals surface area contributed by atoms with Crippen LogP contribution in [0.1, 0.15) is 26.5 Å². The van der Waals surface area contributed by atoms with Gasteiger partial charge in [-0.15, -0.1) is 11.3 Å². The highest BCUT2D eigenvalue weighted by molar-refractivity contribution is 7.21. The van der Waals surface area contributed by atoms with Crippen LogP contribution >= 0.6 is 11.3 Å². The number of para-hydroxylation sites is 1. The highest BCUT2D eigenvalue weighted by Crippen LogP contribution is 2.40. The maximum absolute atomic E-state index is 13.5. The monoisotopic (exact) mass is 410 g/mol. The van der Waals surface area contributed by atoms with Crippen LogP contribution in [0.3, 0.4) is 0 Å². The summed E-state index contributed by atoms with van der Waals surface area (Å²) in [6.07, 6.45) is 0. The standard InChI is InChI=1S/C21H15FN2O4S/c1-11-16(21(26)27-2)17(20-23-14-8-3-4-9-15(14)29-20)19(28-11)24-18(25)12-6-5-7-13(22)10-12/h3-10H,1-2H3,(H,24,25). The van der Waals surface area contributed by atoms with Gasteiger partial charge >= 0.3 is 5.97 Å². The first kappa shape index (κ1) is 18.8. The Balaban J connectivity index is 1.83. The van der Waals surface area contributed by atoms with E-state index in [2.05, 4.69) is 10.3 Å². The van der Waals surface area contributed by atoms with E-state index in [1.54, 1.807) is 6.92 Å². The van der Waals surface area contributed by atoms with Crippen LogP contribution in [0.15, 0.2) is 52.9 Å². The summed E-state index contributed by atoms with van der Waals surface area (Å²) in [5.74, 6) is -1.38. The molecule has 29 heavy (non-hydrogen) atoms. The van der Waals surface area contributed by atoms with Crippen molar-refractivity contribution < 1.29 is 23.1 Å². The number of halogens is 1. The van der Waals surface area contributed by atoms with Gasteiger partial charge in [0, 0.05) is 5.56 Å². The highest BCUT2D eigenvalue weighted by atomic mass is 32.1. The van der Waals surface area contributed by atoms with Crippen LogP contribution in [0.4, 0.5) is 10.3 Å². The van der Waals surface area contributed by atoms with Gasteiger partial charge in [0.2, 0.25) is 5.88 Å². The van der Waals surface area contributed by atoms with Crippen molar-refractivity contribution in [2.24, 2.45) is 0 Å². The lowest BCUT2D eigenvalue weighted by Crippen LogP contribution is -2.12. The van der Waals surface area contributed by atoms with E-state index < -0.39 is 17.7 Å². The number of nitrogens with one attached hydrogen (secondary N) is 1. The lowest BCUT2D eigenvalue weighted by molar-refractivity contribution is 0.0599. The van der Waals surface area contributed by atoms with E-state index >= 15 is 0 Å². The molecule has 0 radical (unpaired) electrons. The van der Waals surface area contributed by atoms with E-state index in [0.29, 0.717) is 10.6 Å². The van der Waals surface area contributed by atoms with Gasteiger partial charge in [0.25, 0.3) is 5.91 Å². The fourth-order valence-electron chi connectivity index (χ4n) is 2.97. The van der Waals surface area contributed by atoms with E-state index in [-0.39, 0.29) is 22.8 Å². The number of benzene rings is 2. The molecule has 0 fully saturated rings. The number of ether oxygens (including phenoxy) is 1. The number of carbonyl (C=O) groups is 2. The second-order valence-electron chi connectivity index (χ2n) is 6.18. The summed E-state index contributed by atoms with van der Waals surface area (Å²) in [6, 6.07) is 12.8. The first-order valence-corrected chi connectivity index (χ1v) is 9.44. The number of fused-ring (bicyclic) bond motifs is 1. The predicted octanol–water partition coefficient (Wildman–Crippen LogP) is 5.04. The van der Waals surface area contributed by atoms with Crippen LogP contribution < -0.4 is 5.32 Å². The topological polar surface area (TPSA) is 81.4 Å². The number of amides is 1. The van der Waals surface area contributed by atoms with Crippen molar-refractivity contribution in [2.75, 3.05) is 12.4 Å². The summed E-state index contributed by atoms with van der Waals surface area (Å²) >= 11 is 1.36. The number of methoxy groups -OCH3 is 1. The molecule has 2 heterocycles. The number of anilines is 1. The Bertz CT molecular complexity index is 1210. The summed E-state index contributed by atoms with van der Waals surface area (Å²) in [7, 11) is 1.27. The number of thiazole rings is 1. The second-order valence-corrected chi connectivity index (χ2v) is 7.21. The van der Waals surface area contributed by atoms with E-state index in [1.807, 2.05) is 24.3 Å². The smallest absolute Gasteiger partial charge is 0.342 e. The molecule has 1 amide bonds. The van der Waals surface area contributed by atoms with Crippen molar-refractivity contribution in [1.29, 1.82) is 0 Å². The Hall–Kier alpha value is -3.52. The maximum Gasteiger partial charge on any atom is 0.342 e. The number of aryl methyl sites for hydroxylation is 1. The number of rotatable bonds is 4. The molecule has 8 heteroatoms. The number of esters is 1. The number of hydrogen-bond acceptors (Lipinski definition) is 6. The molecule has 1 N–H and O–H groups in total. The molecule has 4 aromatic rings. The zero-order valence-corrected chi connectivity index (χ0v) is 16.3. The molecule has 0 atom stereocenters. The summed E-state index contributed by atoms with van der Waals surface area (Å²) < 4.78 is 25.0. The van der Waals surface area contributed by atoms with E-state index in [1.165, 1.54) is 36.6 Å². The fourth-order valence-corrected chi connectivity index (χ4v) is 3.98. The molecule has 0 saturated carbocycles. The summed E-state index contributed by atoms with van der Waals surface area (Å²) in [5, 5.41) is 3.12. The van der Waals surface area contributed by atoms with Gasteiger partial charge in [-0.2, -0.15) is 0 Å². The molecule has 146 valence electrons. The molecule has 0 spiro atoms. The molecule has 0 unspecified atom stereocenters. The number of hydrogen-bond donors (Lipinski definition) is 1. The van der Waals surface area contributed by atoms with Gasteiger partial charge in [-0.05, 0) is 37.3 Å². The average Bonchev–Trinajstić information content (AvgIpc) is 3.27. The van der Waals surface area contributed by atoms with Gasteiger partial charge in [-0.3, -0.25) is 10.1 Å². The Morgan fingerprint density at radius 3 is 2.69 bits per heavy atom. The van der Waals surface area contributed by atoms with Crippen LogP contribution in [0.2, 0.25) is 0 Å². The molecule has 2 aromatic carbocycles. The van der Waals surface area contributed by atoms with E-state index in [9.17, 15) is 14.0 Å². The van der Waals surface area contributed by atoms with Gasteiger partial charge in [0.15, 0.2) is 0 Å². The predicted molar refractivity (Wildman–Crippen MR) is 108 cm³/mol. The first-order chi connectivity index (χ1) is 14.0. The van der Waals surface area contributed by atoms with Crippen LogP contribution in [-0.4, -0.2) is 24.0 Å². The largest absolute Gasteiger partial charge is 0.465 e. The average molecular weight is 410 g/mol. The van der Waals surface area contributed by atoms with Gasteiger partial charge in [0.05, 0.1) is 22.9 Å². The second kappa shape index (κ2) is 7.48. The molecule has 6 nitrogen and oxygen atoms in total. The molecule has 0 aliphatic carbocycles. The summed E-state index contributed by atoms with van der Waals surface area (Å²) in [5.41, 5.74) is 1.39. The zero-order chi connectivity index (χ0) is 20.5. The maximum atomic E-state index is 13.5. The molecule has 2 aromatic heterocycles. The number of furan rings is 1. The minimum absolute atomic E-state index is 0.0521. The summed E-state index contributed by atoms with van der Waals surface area (Å²) in [4.78, 5) is 29.6. The lowest BCUT2D eigenvalue weighted by Gasteiger charge is -2.05.